The number of hydrogen-bond acceptors (Lipinski definition) is 3. The number of nitrogens with two attached hydrogens (primary N) is 1. The van der Waals surface area contributed by atoms with Gasteiger partial charge in [0.05, 0.1) is 12.0 Å². The Balaban J connectivity index is 0.00000280. The SMILES string of the molecule is CCN(C(=O)Cc1ccc(NC(=O)C2(N)CCCC2)cc1)c1ccccc1.Cl. The molecular weight excluding hydrogens is 374 g/mol. The predicted molar refractivity (Wildman–Crippen MR) is 116 cm³/mol. The van der Waals surface area contributed by atoms with Crippen LogP contribution in [0.3, 0.4) is 0 Å². The third-order valence-electron chi connectivity index (χ3n) is 5.20. The molecule has 1 saturated carbocycles. The Morgan fingerprint density at radius 1 is 1.04 bits per heavy atom. The number of likely N-dealkylation sites (N-methyl/N-ethyl adjacent to an activating group) is 1. The third-order valence-corrected chi connectivity index (χ3v) is 5.20. The number of benzene rings is 2. The summed E-state index contributed by atoms with van der Waals surface area (Å²) in [5.74, 6) is -0.0718. The molecule has 1 aliphatic rings. The van der Waals surface area contributed by atoms with Gasteiger partial charge >= 0.3 is 0 Å². The molecule has 0 bridgehead atoms. The topological polar surface area (TPSA) is 75.4 Å². The Morgan fingerprint density at radius 2 is 1.64 bits per heavy atom. The van der Waals surface area contributed by atoms with Gasteiger partial charge in [0.2, 0.25) is 11.8 Å². The summed E-state index contributed by atoms with van der Waals surface area (Å²) in [6.07, 6.45) is 3.79. The highest BCUT2D eigenvalue weighted by Crippen LogP contribution is 2.28. The van der Waals surface area contributed by atoms with Gasteiger partial charge in [0.15, 0.2) is 0 Å². The van der Waals surface area contributed by atoms with E-state index in [4.69, 9.17) is 5.73 Å². The summed E-state index contributed by atoms with van der Waals surface area (Å²) in [5, 5.41) is 2.91. The van der Waals surface area contributed by atoms with Crippen molar-refractivity contribution in [3.63, 3.8) is 0 Å². The second kappa shape index (κ2) is 9.71. The van der Waals surface area contributed by atoms with Crippen molar-refractivity contribution < 1.29 is 9.59 Å². The van der Waals surface area contributed by atoms with E-state index >= 15 is 0 Å². The fraction of sp³-hybridized carbons (Fsp3) is 0.364. The fourth-order valence-corrected chi connectivity index (χ4v) is 3.58. The zero-order valence-electron chi connectivity index (χ0n) is 16.2. The standard InChI is InChI=1S/C22H27N3O2.ClH/c1-2-25(19-8-4-3-5-9-19)20(26)16-17-10-12-18(13-11-17)24-21(27)22(23)14-6-7-15-22;/h3-5,8-13H,2,6-7,14-16,23H2,1H3,(H,24,27);1H. The molecule has 0 saturated heterocycles. The second-order valence-corrected chi connectivity index (χ2v) is 7.16. The van der Waals surface area contributed by atoms with Crippen molar-refractivity contribution in [2.24, 2.45) is 5.73 Å². The van der Waals surface area contributed by atoms with Crippen molar-refractivity contribution in [1.82, 2.24) is 0 Å². The van der Waals surface area contributed by atoms with Crippen LogP contribution in [0.4, 0.5) is 11.4 Å². The number of hydrogen-bond donors (Lipinski definition) is 2. The number of nitrogens with one attached hydrogen (secondary N) is 1. The van der Waals surface area contributed by atoms with Crippen LogP contribution >= 0.6 is 12.4 Å². The summed E-state index contributed by atoms with van der Waals surface area (Å²) in [6, 6.07) is 17.1. The van der Waals surface area contributed by atoms with Crippen LogP contribution < -0.4 is 16.0 Å². The molecule has 2 aromatic carbocycles. The van der Waals surface area contributed by atoms with Gasteiger partial charge in [-0.2, -0.15) is 0 Å². The van der Waals surface area contributed by atoms with Crippen molar-refractivity contribution >= 4 is 35.6 Å². The van der Waals surface area contributed by atoms with Gasteiger partial charge in [0.25, 0.3) is 0 Å². The second-order valence-electron chi connectivity index (χ2n) is 7.16. The van der Waals surface area contributed by atoms with E-state index in [9.17, 15) is 9.59 Å². The quantitative estimate of drug-likeness (QED) is 0.770. The lowest BCUT2D eigenvalue weighted by molar-refractivity contribution is -0.121. The number of halogens is 1. The normalized spacial score (nSPS) is 14.8. The van der Waals surface area contributed by atoms with Crippen LogP contribution in [0.1, 0.15) is 38.2 Å². The summed E-state index contributed by atoms with van der Waals surface area (Å²) >= 11 is 0. The molecule has 1 fully saturated rings. The molecule has 3 N–H and O–H groups in total. The minimum absolute atomic E-state index is 0. The van der Waals surface area contributed by atoms with Crippen molar-refractivity contribution in [3.8, 4) is 0 Å². The van der Waals surface area contributed by atoms with Crippen molar-refractivity contribution in [3.05, 3.63) is 60.2 Å². The molecule has 2 amide bonds. The number of carbonyl (C=O) groups is 2. The Kier molecular flexibility index (Phi) is 7.61. The maximum absolute atomic E-state index is 12.7. The summed E-state index contributed by atoms with van der Waals surface area (Å²) in [4.78, 5) is 26.8. The van der Waals surface area contributed by atoms with E-state index in [2.05, 4.69) is 5.32 Å². The fourth-order valence-electron chi connectivity index (χ4n) is 3.58. The maximum Gasteiger partial charge on any atom is 0.244 e. The first kappa shape index (κ1) is 21.9. The van der Waals surface area contributed by atoms with Crippen molar-refractivity contribution in [1.29, 1.82) is 0 Å². The summed E-state index contributed by atoms with van der Waals surface area (Å²) in [6.45, 7) is 2.59. The summed E-state index contributed by atoms with van der Waals surface area (Å²) in [5.41, 5.74) is 7.97. The van der Waals surface area contributed by atoms with E-state index in [0.29, 0.717) is 18.7 Å². The van der Waals surface area contributed by atoms with Crippen LogP contribution in [0.25, 0.3) is 0 Å². The van der Waals surface area contributed by atoms with Crippen LogP contribution in [-0.2, 0) is 16.0 Å². The zero-order chi connectivity index (χ0) is 19.3. The molecule has 0 unspecified atom stereocenters. The lowest BCUT2D eigenvalue weighted by Gasteiger charge is -2.22. The van der Waals surface area contributed by atoms with Crippen molar-refractivity contribution in [2.45, 2.75) is 44.6 Å². The Bertz CT molecular complexity index is 787. The molecule has 0 aromatic heterocycles. The lowest BCUT2D eigenvalue weighted by Crippen LogP contribution is -2.48. The average Bonchev–Trinajstić information content (AvgIpc) is 3.13. The van der Waals surface area contributed by atoms with Gasteiger partial charge in [-0.15, -0.1) is 12.4 Å². The van der Waals surface area contributed by atoms with Crippen LogP contribution in [0.2, 0.25) is 0 Å². The molecule has 2 aromatic rings. The zero-order valence-corrected chi connectivity index (χ0v) is 17.0. The number of rotatable bonds is 6. The lowest BCUT2D eigenvalue weighted by atomic mass is 9.98. The van der Waals surface area contributed by atoms with Crippen LogP contribution in [0.5, 0.6) is 0 Å². The first-order chi connectivity index (χ1) is 13.0. The molecule has 0 spiro atoms. The minimum Gasteiger partial charge on any atom is -0.324 e. The summed E-state index contributed by atoms with van der Waals surface area (Å²) < 4.78 is 0. The van der Waals surface area contributed by atoms with E-state index in [1.54, 1.807) is 4.90 Å². The van der Waals surface area contributed by atoms with E-state index in [1.807, 2.05) is 61.5 Å². The van der Waals surface area contributed by atoms with Gasteiger partial charge in [0.1, 0.15) is 0 Å². The van der Waals surface area contributed by atoms with Crippen LogP contribution in [0.15, 0.2) is 54.6 Å². The van der Waals surface area contributed by atoms with E-state index < -0.39 is 5.54 Å². The maximum atomic E-state index is 12.7. The van der Waals surface area contributed by atoms with Gasteiger partial charge in [-0.1, -0.05) is 43.2 Å². The van der Waals surface area contributed by atoms with Gasteiger partial charge in [0, 0.05) is 17.9 Å². The molecule has 0 radical (unpaired) electrons. The molecule has 0 heterocycles. The molecule has 28 heavy (non-hydrogen) atoms. The smallest absolute Gasteiger partial charge is 0.244 e. The largest absolute Gasteiger partial charge is 0.324 e. The van der Waals surface area contributed by atoms with Gasteiger partial charge in [-0.05, 0) is 49.6 Å². The third kappa shape index (κ3) is 5.12. The first-order valence-corrected chi connectivity index (χ1v) is 9.56. The van der Waals surface area contributed by atoms with Crippen LogP contribution in [0, 0.1) is 0 Å². The highest BCUT2D eigenvalue weighted by molar-refractivity contribution is 5.98. The van der Waals surface area contributed by atoms with Gasteiger partial charge in [-0.25, -0.2) is 0 Å². The van der Waals surface area contributed by atoms with Crippen LogP contribution in [-0.4, -0.2) is 23.9 Å². The Hall–Kier alpha value is -2.37. The molecule has 5 nitrogen and oxygen atoms in total. The summed E-state index contributed by atoms with van der Waals surface area (Å²) in [7, 11) is 0. The molecule has 3 rings (SSSR count). The number of carbonyl (C=O) groups excluding carboxylic acids is 2. The van der Waals surface area contributed by atoms with Gasteiger partial charge < -0.3 is 16.0 Å². The highest BCUT2D eigenvalue weighted by Gasteiger charge is 2.36. The molecule has 0 aliphatic heterocycles. The number of amides is 2. The molecule has 0 atom stereocenters. The molecule has 1 aliphatic carbocycles. The number of nitrogens with zero attached hydrogens (tertiary/aromatic N) is 1. The van der Waals surface area contributed by atoms with E-state index in [1.165, 1.54) is 0 Å². The van der Waals surface area contributed by atoms with E-state index in [-0.39, 0.29) is 24.2 Å². The van der Waals surface area contributed by atoms with Crippen molar-refractivity contribution in [2.75, 3.05) is 16.8 Å². The predicted octanol–water partition coefficient (Wildman–Crippen LogP) is 3.91. The van der Waals surface area contributed by atoms with E-state index in [0.717, 1.165) is 36.9 Å². The molecule has 150 valence electrons. The Morgan fingerprint density at radius 3 is 2.21 bits per heavy atom. The highest BCUT2D eigenvalue weighted by atomic mass is 35.5. The molecule has 6 heteroatoms. The minimum atomic E-state index is -0.744. The number of para-hydroxylation sites is 1. The first-order valence-electron chi connectivity index (χ1n) is 9.56. The van der Waals surface area contributed by atoms with Gasteiger partial charge in [-0.3, -0.25) is 9.59 Å². The monoisotopic (exact) mass is 401 g/mol. The number of anilines is 2. The Labute approximate surface area is 172 Å². The average molecular weight is 402 g/mol. The molecular formula is C22H28ClN3O2.